The number of carbonyl (C=O) groups excluding carboxylic acids is 3. The summed E-state index contributed by atoms with van der Waals surface area (Å²) in [6, 6.07) is 5.42. The lowest BCUT2D eigenvalue weighted by molar-refractivity contribution is -0.219. The quantitative estimate of drug-likeness (QED) is 0.160. The third-order valence-electron chi connectivity index (χ3n) is 8.32. The lowest BCUT2D eigenvalue weighted by atomic mass is 9.82. The van der Waals surface area contributed by atoms with Crippen LogP contribution in [0.25, 0.3) is 0 Å². The number of unbranched alkanes of at least 4 members (excludes halogenated alkanes) is 1. The molecule has 0 spiro atoms. The average molecular weight is 727 g/mol. The van der Waals surface area contributed by atoms with E-state index < -0.39 is 49.1 Å². The fraction of sp³-hybridized carbons (Fsp3) is 0.633. The monoisotopic (exact) mass is 726 g/mol. The number of nitrogens with one attached hydrogen (secondary N) is 2. The van der Waals surface area contributed by atoms with Crippen molar-refractivity contribution in [1.29, 1.82) is 0 Å². The standard InChI is InChI=1S/C30H43IN6O7/c1-3-4-14-32-28(42)25(19-10-6-5-7-11-19)36(29(43)21-12-8-9-13-22(21)31)15-20-16-37(35-34-20)30-24(33-18(2)39)27(41)26(40)23(17-38)44-30/h8-9,12-13,16,19,23-27,30,38,40-41H,3-7,10-11,14-15,17H2,1-2H3,(H,32,42)(H,33,39)/t23-,24-,25?,26-,27-,30-/m1/s1. The predicted octanol–water partition coefficient (Wildman–Crippen LogP) is 1.51. The van der Waals surface area contributed by atoms with Crippen LogP contribution in [0.15, 0.2) is 30.5 Å². The maximum atomic E-state index is 14.3. The minimum absolute atomic E-state index is 0.0292. The molecule has 44 heavy (non-hydrogen) atoms. The molecular weight excluding hydrogens is 683 g/mol. The van der Waals surface area contributed by atoms with Gasteiger partial charge in [-0.05, 0) is 59.9 Å². The molecule has 13 nitrogen and oxygen atoms in total. The Bertz CT molecular complexity index is 1270. The second kappa shape index (κ2) is 16.1. The highest BCUT2D eigenvalue weighted by Crippen LogP contribution is 2.32. The van der Waals surface area contributed by atoms with E-state index >= 15 is 0 Å². The summed E-state index contributed by atoms with van der Waals surface area (Å²) in [5.41, 5.74) is 0.838. The van der Waals surface area contributed by atoms with Gasteiger partial charge in [0.25, 0.3) is 5.91 Å². The Labute approximate surface area is 270 Å². The smallest absolute Gasteiger partial charge is 0.255 e. The molecule has 1 unspecified atom stereocenters. The molecule has 6 atom stereocenters. The highest BCUT2D eigenvalue weighted by Gasteiger charge is 2.46. The molecule has 0 radical (unpaired) electrons. The number of ether oxygens (including phenoxy) is 1. The van der Waals surface area contributed by atoms with E-state index in [2.05, 4.69) is 50.5 Å². The highest BCUT2D eigenvalue weighted by atomic mass is 127. The summed E-state index contributed by atoms with van der Waals surface area (Å²) in [6.07, 6.45) is 2.84. The van der Waals surface area contributed by atoms with Crippen LogP contribution in [0, 0.1) is 9.49 Å². The zero-order valence-electron chi connectivity index (χ0n) is 25.1. The van der Waals surface area contributed by atoms with Crippen LogP contribution in [0.4, 0.5) is 0 Å². The molecule has 1 aliphatic carbocycles. The fourth-order valence-corrected chi connectivity index (χ4v) is 6.66. The Morgan fingerprint density at radius 1 is 1.16 bits per heavy atom. The van der Waals surface area contributed by atoms with E-state index in [9.17, 15) is 29.7 Å². The molecule has 2 heterocycles. The number of hydrogen-bond donors (Lipinski definition) is 5. The number of aliphatic hydroxyl groups excluding tert-OH is 3. The molecule has 1 aromatic carbocycles. The maximum absolute atomic E-state index is 14.3. The second-order valence-corrected chi connectivity index (χ2v) is 12.7. The summed E-state index contributed by atoms with van der Waals surface area (Å²) in [4.78, 5) is 41.6. The van der Waals surface area contributed by atoms with E-state index in [1.165, 1.54) is 17.8 Å². The van der Waals surface area contributed by atoms with Gasteiger partial charge in [-0.3, -0.25) is 14.4 Å². The van der Waals surface area contributed by atoms with Crippen molar-refractivity contribution in [2.45, 2.75) is 102 Å². The van der Waals surface area contributed by atoms with Gasteiger partial charge < -0.3 is 35.6 Å². The van der Waals surface area contributed by atoms with Crippen LogP contribution in [-0.4, -0.2) is 96.5 Å². The third-order valence-corrected chi connectivity index (χ3v) is 9.26. The number of benzene rings is 1. The van der Waals surface area contributed by atoms with E-state index in [4.69, 9.17) is 4.74 Å². The van der Waals surface area contributed by atoms with Gasteiger partial charge >= 0.3 is 0 Å². The van der Waals surface area contributed by atoms with E-state index in [-0.39, 0.29) is 24.3 Å². The lowest BCUT2D eigenvalue weighted by Gasteiger charge is -2.42. The normalized spacial score (nSPS) is 24.8. The number of aliphatic hydroxyl groups is 3. The van der Waals surface area contributed by atoms with Crippen LogP contribution in [-0.2, 0) is 20.9 Å². The highest BCUT2D eigenvalue weighted by molar-refractivity contribution is 14.1. The van der Waals surface area contributed by atoms with Crippen molar-refractivity contribution in [3.8, 4) is 0 Å². The number of rotatable bonds is 12. The molecule has 1 saturated carbocycles. The summed E-state index contributed by atoms with van der Waals surface area (Å²) < 4.78 is 7.89. The molecule has 4 rings (SSSR count). The summed E-state index contributed by atoms with van der Waals surface area (Å²) in [6.45, 7) is 3.24. The minimum atomic E-state index is -1.46. The molecule has 242 valence electrons. The number of hydrogen-bond acceptors (Lipinski definition) is 9. The van der Waals surface area contributed by atoms with Gasteiger partial charge in [0.1, 0.15) is 36.1 Å². The molecule has 1 aliphatic heterocycles. The first kappa shape index (κ1) is 34.2. The number of halogens is 1. The average Bonchev–Trinajstić information content (AvgIpc) is 3.48. The molecule has 1 saturated heterocycles. The molecular formula is C30H43IN6O7. The maximum Gasteiger partial charge on any atom is 0.255 e. The van der Waals surface area contributed by atoms with Gasteiger partial charge in [-0.25, -0.2) is 4.68 Å². The number of carbonyl (C=O) groups is 3. The van der Waals surface area contributed by atoms with E-state index in [0.29, 0.717) is 17.8 Å². The zero-order chi connectivity index (χ0) is 31.8. The Hall–Kier alpha value is -2.66. The molecule has 1 aromatic heterocycles. The number of nitrogens with zero attached hydrogens (tertiary/aromatic N) is 4. The molecule has 14 heteroatoms. The van der Waals surface area contributed by atoms with Gasteiger partial charge in [-0.1, -0.05) is 50.0 Å². The van der Waals surface area contributed by atoms with E-state index in [1.54, 1.807) is 17.0 Å². The van der Waals surface area contributed by atoms with E-state index in [1.807, 2.05) is 12.1 Å². The first-order valence-corrected chi connectivity index (χ1v) is 16.4. The van der Waals surface area contributed by atoms with Crippen molar-refractivity contribution in [3.05, 3.63) is 45.3 Å². The van der Waals surface area contributed by atoms with Crippen LogP contribution >= 0.6 is 22.6 Å². The van der Waals surface area contributed by atoms with Gasteiger partial charge in [-0.2, -0.15) is 0 Å². The first-order valence-electron chi connectivity index (χ1n) is 15.3. The van der Waals surface area contributed by atoms with Gasteiger partial charge in [0.05, 0.1) is 24.9 Å². The Kier molecular flexibility index (Phi) is 12.5. The number of amides is 3. The largest absolute Gasteiger partial charge is 0.394 e. The van der Waals surface area contributed by atoms with Crippen LogP contribution in [0.1, 0.15) is 81.1 Å². The van der Waals surface area contributed by atoms with Gasteiger partial charge in [0.15, 0.2) is 6.23 Å². The van der Waals surface area contributed by atoms with Crippen molar-refractivity contribution in [1.82, 2.24) is 30.5 Å². The zero-order valence-corrected chi connectivity index (χ0v) is 27.3. The minimum Gasteiger partial charge on any atom is -0.394 e. The SMILES string of the molecule is CCCCNC(=O)C(C1CCCCC1)N(Cc1cn([C@@H]2O[C@H](CO)[C@@H](O)[C@H](O)[C@H]2NC(C)=O)nn1)C(=O)c1ccccc1I. The molecule has 2 aliphatic rings. The van der Waals surface area contributed by atoms with Crippen LogP contribution < -0.4 is 10.6 Å². The summed E-state index contributed by atoms with van der Waals surface area (Å²) in [5.74, 6) is -0.981. The Morgan fingerprint density at radius 2 is 1.89 bits per heavy atom. The molecule has 2 fully saturated rings. The van der Waals surface area contributed by atoms with E-state index in [0.717, 1.165) is 48.5 Å². The topological polar surface area (TPSA) is 179 Å². The Balaban J connectivity index is 1.70. The van der Waals surface area contributed by atoms with Crippen molar-refractivity contribution >= 4 is 40.3 Å². The number of aromatic nitrogens is 3. The summed E-state index contributed by atoms with van der Waals surface area (Å²) in [7, 11) is 0. The predicted molar refractivity (Wildman–Crippen MR) is 168 cm³/mol. The molecule has 5 N–H and O–H groups in total. The molecule has 3 amide bonds. The van der Waals surface area contributed by atoms with Gasteiger partial charge in [0, 0.05) is 17.0 Å². The fourth-order valence-electron chi connectivity index (χ4n) is 6.04. The second-order valence-electron chi connectivity index (χ2n) is 11.5. The van der Waals surface area contributed by atoms with Crippen molar-refractivity contribution in [3.63, 3.8) is 0 Å². The summed E-state index contributed by atoms with van der Waals surface area (Å²) >= 11 is 2.12. The Morgan fingerprint density at radius 3 is 2.55 bits per heavy atom. The van der Waals surface area contributed by atoms with Crippen molar-refractivity contribution < 1.29 is 34.4 Å². The van der Waals surface area contributed by atoms with Crippen molar-refractivity contribution in [2.24, 2.45) is 5.92 Å². The van der Waals surface area contributed by atoms with Gasteiger partial charge in [0.2, 0.25) is 11.8 Å². The van der Waals surface area contributed by atoms with Crippen LogP contribution in [0.2, 0.25) is 0 Å². The third kappa shape index (κ3) is 8.13. The van der Waals surface area contributed by atoms with Crippen LogP contribution in [0.3, 0.4) is 0 Å². The van der Waals surface area contributed by atoms with Crippen molar-refractivity contribution in [2.75, 3.05) is 13.2 Å². The first-order chi connectivity index (χ1) is 21.2. The summed E-state index contributed by atoms with van der Waals surface area (Å²) in [5, 5.41) is 45.0. The van der Waals surface area contributed by atoms with Crippen LogP contribution in [0.5, 0.6) is 0 Å². The lowest BCUT2D eigenvalue weighted by Crippen LogP contribution is -2.62. The molecule has 2 aromatic rings. The molecule has 0 bridgehead atoms. The van der Waals surface area contributed by atoms with Gasteiger partial charge in [-0.15, -0.1) is 5.10 Å².